The van der Waals surface area contributed by atoms with Gasteiger partial charge >= 0.3 is 0 Å². The smallest absolute Gasteiger partial charge is 0.229 e. The van der Waals surface area contributed by atoms with Gasteiger partial charge in [0.05, 0.1) is 5.92 Å². The van der Waals surface area contributed by atoms with E-state index in [-0.39, 0.29) is 24.2 Å². The Labute approximate surface area is 142 Å². The van der Waals surface area contributed by atoms with Crippen LogP contribution in [-0.2, 0) is 9.59 Å². The predicted octanol–water partition coefficient (Wildman–Crippen LogP) is 3.60. The largest absolute Gasteiger partial charge is 0.325 e. The molecule has 1 saturated heterocycles. The van der Waals surface area contributed by atoms with Gasteiger partial charge in [-0.3, -0.25) is 9.59 Å². The van der Waals surface area contributed by atoms with Crippen LogP contribution in [0.5, 0.6) is 0 Å². The number of para-hydroxylation sites is 1. The molecule has 1 fully saturated rings. The highest BCUT2D eigenvalue weighted by Gasteiger charge is 2.35. The Hall–Kier alpha value is -2.62. The first-order valence-corrected chi connectivity index (χ1v) is 8.20. The second-order valence-corrected chi connectivity index (χ2v) is 6.50. The number of amides is 2. The number of nitrogens with zero attached hydrogens (tertiary/aromatic N) is 1. The van der Waals surface area contributed by atoms with Crippen molar-refractivity contribution in [1.29, 1.82) is 0 Å². The number of hydrogen-bond donors (Lipinski definition) is 1. The first-order valence-electron chi connectivity index (χ1n) is 8.20. The molecule has 0 saturated carbocycles. The van der Waals surface area contributed by atoms with Crippen LogP contribution in [0.2, 0.25) is 0 Å². The van der Waals surface area contributed by atoms with Crippen LogP contribution in [0, 0.1) is 26.7 Å². The zero-order chi connectivity index (χ0) is 17.3. The van der Waals surface area contributed by atoms with Crippen molar-refractivity contribution in [1.82, 2.24) is 0 Å². The summed E-state index contributed by atoms with van der Waals surface area (Å²) in [4.78, 5) is 26.7. The Bertz CT molecular complexity index is 778. The number of rotatable bonds is 3. The van der Waals surface area contributed by atoms with Gasteiger partial charge in [-0.05, 0) is 49.6 Å². The van der Waals surface area contributed by atoms with Gasteiger partial charge in [-0.25, -0.2) is 0 Å². The van der Waals surface area contributed by atoms with Gasteiger partial charge in [-0.2, -0.15) is 0 Å². The van der Waals surface area contributed by atoms with E-state index >= 15 is 0 Å². The number of nitrogens with one attached hydrogen (secondary N) is 1. The third kappa shape index (κ3) is 3.18. The predicted molar refractivity (Wildman–Crippen MR) is 96.2 cm³/mol. The molecule has 2 aromatic carbocycles. The van der Waals surface area contributed by atoms with Crippen LogP contribution in [0.1, 0.15) is 23.1 Å². The van der Waals surface area contributed by atoms with Crippen molar-refractivity contribution in [2.24, 2.45) is 5.92 Å². The van der Waals surface area contributed by atoms with Crippen molar-refractivity contribution in [3.05, 3.63) is 59.2 Å². The molecule has 1 N–H and O–H groups in total. The first kappa shape index (κ1) is 16.2. The fourth-order valence-electron chi connectivity index (χ4n) is 3.17. The average molecular weight is 322 g/mol. The maximum atomic E-state index is 12.6. The summed E-state index contributed by atoms with van der Waals surface area (Å²) in [5.74, 6) is -0.407. The lowest BCUT2D eigenvalue weighted by atomic mass is 10.1. The van der Waals surface area contributed by atoms with Gasteiger partial charge in [-0.15, -0.1) is 0 Å². The molecule has 1 aliphatic heterocycles. The second kappa shape index (κ2) is 6.48. The molecular formula is C20H22N2O2. The number of anilines is 2. The molecule has 1 atom stereocenters. The molecule has 0 aliphatic carbocycles. The van der Waals surface area contributed by atoms with E-state index in [9.17, 15) is 9.59 Å². The monoisotopic (exact) mass is 322 g/mol. The van der Waals surface area contributed by atoms with Gasteiger partial charge in [0.15, 0.2) is 0 Å². The minimum absolute atomic E-state index is 0.00209. The standard InChI is InChI=1S/C20H22N2O2/c1-13-6-4-9-17(10-13)22-12-16(11-18(22)23)20(24)21-19-14(2)7-5-8-15(19)3/h4-10,16H,11-12H2,1-3H3,(H,21,24). The van der Waals surface area contributed by atoms with Crippen molar-refractivity contribution >= 4 is 23.2 Å². The van der Waals surface area contributed by atoms with Crippen molar-refractivity contribution in [2.45, 2.75) is 27.2 Å². The highest BCUT2D eigenvalue weighted by molar-refractivity contribution is 6.04. The van der Waals surface area contributed by atoms with Crippen molar-refractivity contribution in [3.8, 4) is 0 Å². The Kier molecular flexibility index (Phi) is 4.38. The van der Waals surface area contributed by atoms with Crippen LogP contribution in [0.3, 0.4) is 0 Å². The number of carbonyl (C=O) groups excluding carboxylic acids is 2. The zero-order valence-electron chi connectivity index (χ0n) is 14.3. The van der Waals surface area contributed by atoms with E-state index in [1.165, 1.54) is 0 Å². The van der Waals surface area contributed by atoms with Gasteiger partial charge < -0.3 is 10.2 Å². The Morgan fingerprint density at radius 2 is 1.75 bits per heavy atom. The molecule has 0 radical (unpaired) electrons. The van der Waals surface area contributed by atoms with Crippen molar-refractivity contribution in [3.63, 3.8) is 0 Å². The molecule has 3 rings (SSSR count). The molecule has 1 unspecified atom stereocenters. The quantitative estimate of drug-likeness (QED) is 0.938. The van der Waals surface area contributed by atoms with E-state index in [1.54, 1.807) is 4.90 Å². The van der Waals surface area contributed by atoms with Crippen LogP contribution in [-0.4, -0.2) is 18.4 Å². The average Bonchev–Trinajstić information content (AvgIpc) is 2.93. The highest BCUT2D eigenvalue weighted by Crippen LogP contribution is 2.27. The van der Waals surface area contributed by atoms with Crippen LogP contribution >= 0.6 is 0 Å². The number of benzene rings is 2. The third-order valence-electron chi connectivity index (χ3n) is 4.54. The fourth-order valence-corrected chi connectivity index (χ4v) is 3.17. The van der Waals surface area contributed by atoms with Gasteiger partial charge in [0.25, 0.3) is 0 Å². The van der Waals surface area contributed by atoms with E-state index in [2.05, 4.69) is 5.32 Å². The SMILES string of the molecule is Cc1cccc(N2CC(C(=O)Nc3c(C)cccc3C)CC2=O)c1. The lowest BCUT2D eigenvalue weighted by molar-refractivity contribution is -0.122. The molecule has 2 aromatic rings. The van der Waals surface area contributed by atoms with Gasteiger partial charge in [-0.1, -0.05) is 30.3 Å². The lowest BCUT2D eigenvalue weighted by Gasteiger charge is -2.18. The summed E-state index contributed by atoms with van der Waals surface area (Å²) in [6.07, 6.45) is 0.255. The summed E-state index contributed by atoms with van der Waals surface area (Å²) in [5, 5.41) is 3.01. The summed E-state index contributed by atoms with van der Waals surface area (Å²) in [7, 11) is 0. The van der Waals surface area contributed by atoms with E-state index in [0.717, 1.165) is 28.1 Å². The van der Waals surface area contributed by atoms with Gasteiger partial charge in [0.1, 0.15) is 0 Å². The lowest BCUT2D eigenvalue weighted by Crippen LogP contribution is -2.28. The minimum atomic E-state index is -0.322. The molecule has 24 heavy (non-hydrogen) atoms. The fraction of sp³-hybridized carbons (Fsp3) is 0.300. The normalized spacial score (nSPS) is 17.2. The number of hydrogen-bond acceptors (Lipinski definition) is 2. The summed E-state index contributed by atoms with van der Waals surface area (Å²) < 4.78 is 0. The Balaban J connectivity index is 1.75. The molecule has 124 valence electrons. The molecule has 1 aliphatic rings. The molecule has 0 spiro atoms. The van der Waals surface area contributed by atoms with Crippen molar-refractivity contribution < 1.29 is 9.59 Å². The Morgan fingerprint density at radius 1 is 1.08 bits per heavy atom. The third-order valence-corrected chi connectivity index (χ3v) is 4.54. The topological polar surface area (TPSA) is 49.4 Å². The van der Waals surface area contributed by atoms with E-state index < -0.39 is 0 Å². The first-order chi connectivity index (χ1) is 11.5. The molecule has 1 heterocycles. The van der Waals surface area contributed by atoms with E-state index in [0.29, 0.717) is 6.54 Å². The summed E-state index contributed by atoms with van der Waals surface area (Å²) in [6.45, 7) is 6.37. The van der Waals surface area contributed by atoms with Crippen molar-refractivity contribution in [2.75, 3.05) is 16.8 Å². The molecule has 4 nitrogen and oxygen atoms in total. The molecule has 0 aromatic heterocycles. The molecule has 0 bridgehead atoms. The van der Waals surface area contributed by atoms with E-state index in [1.807, 2.05) is 63.2 Å². The maximum Gasteiger partial charge on any atom is 0.229 e. The van der Waals surface area contributed by atoms with E-state index in [4.69, 9.17) is 0 Å². The van der Waals surface area contributed by atoms with Crippen LogP contribution in [0.15, 0.2) is 42.5 Å². The number of aryl methyl sites for hydroxylation is 3. The second-order valence-electron chi connectivity index (χ2n) is 6.50. The minimum Gasteiger partial charge on any atom is -0.325 e. The highest BCUT2D eigenvalue weighted by atomic mass is 16.2. The zero-order valence-corrected chi connectivity index (χ0v) is 14.3. The van der Waals surface area contributed by atoms with Gasteiger partial charge in [0, 0.05) is 24.3 Å². The molecule has 4 heteroatoms. The Morgan fingerprint density at radius 3 is 2.42 bits per heavy atom. The maximum absolute atomic E-state index is 12.6. The van der Waals surface area contributed by atoms with Crippen LogP contribution in [0.25, 0.3) is 0 Å². The summed E-state index contributed by atoms with van der Waals surface area (Å²) in [5.41, 5.74) is 4.88. The van der Waals surface area contributed by atoms with Gasteiger partial charge in [0.2, 0.25) is 11.8 Å². The molecule has 2 amide bonds. The summed E-state index contributed by atoms with van der Waals surface area (Å²) >= 11 is 0. The van der Waals surface area contributed by atoms with Crippen LogP contribution in [0.4, 0.5) is 11.4 Å². The number of carbonyl (C=O) groups is 2. The summed E-state index contributed by atoms with van der Waals surface area (Å²) in [6, 6.07) is 13.7. The molecular weight excluding hydrogens is 300 g/mol. The van der Waals surface area contributed by atoms with Crippen LogP contribution < -0.4 is 10.2 Å².